The molecular formula is C8H8ClNO4S. The first kappa shape index (κ1) is 11.8. The van der Waals surface area contributed by atoms with Gasteiger partial charge in [-0.25, -0.2) is 13.2 Å². The molecule has 0 aliphatic rings. The maximum absolute atomic E-state index is 10.9. The van der Waals surface area contributed by atoms with Crippen LogP contribution in [0, 0.1) is 0 Å². The number of benzene rings is 1. The van der Waals surface area contributed by atoms with Crippen LogP contribution in [0.3, 0.4) is 0 Å². The van der Waals surface area contributed by atoms with Crippen molar-refractivity contribution in [2.75, 3.05) is 11.0 Å². The Morgan fingerprint density at radius 2 is 2.07 bits per heavy atom. The number of aromatic carboxylic acids is 1. The van der Waals surface area contributed by atoms with Crippen molar-refractivity contribution < 1.29 is 18.3 Å². The van der Waals surface area contributed by atoms with E-state index in [1.54, 1.807) is 0 Å². The molecule has 2 N–H and O–H groups in total. The lowest BCUT2D eigenvalue weighted by molar-refractivity contribution is 0.0697. The number of rotatable bonds is 3. The molecule has 0 saturated carbocycles. The van der Waals surface area contributed by atoms with Gasteiger partial charge in [0.05, 0.1) is 16.8 Å². The first-order valence-electron chi connectivity index (χ1n) is 3.80. The van der Waals surface area contributed by atoms with Gasteiger partial charge in [-0.2, -0.15) is 0 Å². The summed E-state index contributed by atoms with van der Waals surface area (Å²) in [6.45, 7) is 0. The Kier molecular flexibility index (Phi) is 3.21. The average Bonchev–Trinajstić information content (AvgIpc) is 2.05. The molecule has 1 rings (SSSR count). The van der Waals surface area contributed by atoms with E-state index < -0.39 is 16.0 Å². The van der Waals surface area contributed by atoms with Gasteiger partial charge in [0.15, 0.2) is 0 Å². The molecule has 0 aliphatic carbocycles. The molecule has 82 valence electrons. The van der Waals surface area contributed by atoms with Crippen molar-refractivity contribution in [3.05, 3.63) is 28.8 Å². The number of nitrogens with one attached hydrogen (secondary N) is 1. The van der Waals surface area contributed by atoms with E-state index in [9.17, 15) is 13.2 Å². The smallest absolute Gasteiger partial charge is 0.337 e. The summed E-state index contributed by atoms with van der Waals surface area (Å²) in [7, 11) is -3.42. The Labute approximate surface area is 91.7 Å². The minimum atomic E-state index is -3.42. The highest BCUT2D eigenvalue weighted by molar-refractivity contribution is 7.92. The van der Waals surface area contributed by atoms with E-state index in [2.05, 4.69) is 4.72 Å². The molecule has 1 aromatic rings. The number of carboxylic acid groups (broad SMARTS) is 1. The lowest BCUT2D eigenvalue weighted by Crippen LogP contribution is -2.10. The number of hydrogen-bond acceptors (Lipinski definition) is 3. The van der Waals surface area contributed by atoms with Crippen molar-refractivity contribution in [1.82, 2.24) is 0 Å². The number of halogens is 1. The summed E-state index contributed by atoms with van der Waals surface area (Å²) in [4.78, 5) is 10.7. The Morgan fingerprint density at radius 1 is 1.47 bits per heavy atom. The normalized spacial score (nSPS) is 11.1. The van der Waals surface area contributed by atoms with Crippen LogP contribution in [0.25, 0.3) is 0 Å². The van der Waals surface area contributed by atoms with Crippen LogP contribution in [0.5, 0.6) is 0 Å². The fourth-order valence-electron chi connectivity index (χ4n) is 0.967. The van der Waals surface area contributed by atoms with Gasteiger partial charge >= 0.3 is 5.97 Å². The highest BCUT2D eigenvalue weighted by Crippen LogP contribution is 2.20. The van der Waals surface area contributed by atoms with Crippen molar-refractivity contribution in [2.24, 2.45) is 0 Å². The van der Waals surface area contributed by atoms with Gasteiger partial charge in [0.1, 0.15) is 0 Å². The van der Waals surface area contributed by atoms with Crippen molar-refractivity contribution >= 4 is 33.3 Å². The summed E-state index contributed by atoms with van der Waals surface area (Å²) in [6.07, 6.45) is 0.974. The summed E-state index contributed by atoms with van der Waals surface area (Å²) in [5, 5.41) is 8.78. The number of anilines is 1. The van der Waals surface area contributed by atoms with E-state index in [-0.39, 0.29) is 16.3 Å². The van der Waals surface area contributed by atoms with Gasteiger partial charge in [-0.15, -0.1) is 0 Å². The number of sulfonamides is 1. The molecule has 0 amide bonds. The van der Waals surface area contributed by atoms with Gasteiger partial charge in [-0.05, 0) is 18.2 Å². The lowest BCUT2D eigenvalue weighted by Gasteiger charge is -2.05. The molecule has 0 fully saturated rings. The highest BCUT2D eigenvalue weighted by Gasteiger charge is 2.10. The third kappa shape index (κ3) is 3.41. The summed E-state index contributed by atoms with van der Waals surface area (Å²) in [5.74, 6) is -1.21. The van der Waals surface area contributed by atoms with Gasteiger partial charge in [0, 0.05) is 5.69 Å². The zero-order valence-electron chi connectivity index (χ0n) is 7.69. The zero-order chi connectivity index (χ0) is 11.6. The van der Waals surface area contributed by atoms with Gasteiger partial charge in [0.25, 0.3) is 0 Å². The fourth-order valence-corrected chi connectivity index (χ4v) is 1.72. The minimum Gasteiger partial charge on any atom is -0.478 e. The van der Waals surface area contributed by atoms with Crippen LogP contribution in [0.4, 0.5) is 5.69 Å². The molecule has 0 spiro atoms. The zero-order valence-corrected chi connectivity index (χ0v) is 9.26. The molecule has 7 heteroatoms. The van der Waals surface area contributed by atoms with E-state index >= 15 is 0 Å². The summed E-state index contributed by atoms with van der Waals surface area (Å²) < 4.78 is 23.9. The van der Waals surface area contributed by atoms with Crippen LogP contribution >= 0.6 is 11.6 Å². The van der Waals surface area contributed by atoms with Crippen LogP contribution in [0.1, 0.15) is 10.4 Å². The Balaban J connectivity index is 3.14. The monoisotopic (exact) mass is 249 g/mol. The number of hydrogen-bond donors (Lipinski definition) is 2. The Hall–Kier alpha value is -1.27. The Morgan fingerprint density at radius 3 is 2.53 bits per heavy atom. The SMILES string of the molecule is CS(=O)(=O)Nc1ccc(Cl)c(C(=O)O)c1. The van der Waals surface area contributed by atoms with E-state index in [4.69, 9.17) is 16.7 Å². The van der Waals surface area contributed by atoms with Crippen molar-refractivity contribution in [2.45, 2.75) is 0 Å². The fraction of sp³-hybridized carbons (Fsp3) is 0.125. The molecule has 0 heterocycles. The largest absolute Gasteiger partial charge is 0.478 e. The standard InChI is InChI=1S/C8H8ClNO4S/c1-15(13,14)10-5-2-3-7(9)6(4-5)8(11)12/h2-4,10H,1H3,(H,11,12). The predicted octanol–water partition coefficient (Wildman–Crippen LogP) is 1.41. The van der Waals surface area contributed by atoms with Crippen molar-refractivity contribution in [3.8, 4) is 0 Å². The van der Waals surface area contributed by atoms with Crippen LogP contribution < -0.4 is 4.72 Å². The second-order valence-corrected chi connectivity index (χ2v) is 5.03. The first-order valence-corrected chi connectivity index (χ1v) is 6.07. The molecule has 0 atom stereocenters. The van der Waals surface area contributed by atoms with Crippen molar-refractivity contribution in [3.63, 3.8) is 0 Å². The molecule has 0 aliphatic heterocycles. The van der Waals surface area contributed by atoms with E-state index in [1.807, 2.05) is 0 Å². The lowest BCUT2D eigenvalue weighted by atomic mass is 10.2. The predicted molar refractivity (Wildman–Crippen MR) is 56.9 cm³/mol. The summed E-state index contributed by atoms with van der Waals surface area (Å²) in [6, 6.07) is 3.86. The number of carbonyl (C=O) groups is 1. The van der Waals surface area contributed by atoms with E-state index in [0.29, 0.717) is 0 Å². The maximum atomic E-state index is 10.9. The summed E-state index contributed by atoms with van der Waals surface area (Å²) >= 11 is 5.60. The van der Waals surface area contributed by atoms with E-state index in [1.165, 1.54) is 12.1 Å². The second kappa shape index (κ2) is 4.08. The molecular weight excluding hydrogens is 242 g/mol. The van der Waals surface area contributed by atoms with Gasteiger partial charge in [-0.3, -0.25) is 4.72 Å². The molecule has 0 aromatic heterocycles. The van der Waals surface area contributed by atoms with Crippen LogP contribution in [0.2, 0.25) is 5.02 Å². The maximum Gasteiger partial charge on any atom is 0.337 e. The van der Waals surface area contributed by atoms with Crippen LogP contribution in [0.15, 0.2) is 18.2 Å². The first-order chi connectivity index (χ1) is 6.79. The van der Waals surface area contributed by atoms with Crippen LogP contribution in [-0.2, 0) is 10.0 Å². The van der Waals surface area contributed by atoms with Crippen LogP contribution in [-0.4, -0.2) is 25.7 Å². The third-order valence-electron chi connectivity index (χ3n) is 1.50. The molecule has 0 radical (unpaired) electrons. The third-order valence-corrected chi connectivity index (χ3v) is 2.44. The quantitative estimate of drug-likeness (QED) is 0.848. The topological polar surface area (TPSA) is 83.5 Å². The molecule has 5 nitrogen and oxygen atoms in total. The Bertz CT molecular complexity index is 497. The summed E-state index contributed by atoms with van der Waals surface area (Å²) in [5.41, 5.74) is 0.0182. The average molecular weight is 250 g/mol. The second-order valence-electron chi connectivity index (χ2n) is 2.87. The van der Waals surface area contributed by atoms with Gasteiger partial charge in [0.2, 0.25) is 10.0 Å². The molecule has 0 unspecified atom stereocenters. The van der Waals surface area contributed by atoms with Gasteiger partial charge in [-0.1, -0.05) is 11.6 Å². The molecule has 0 saturated heterocycles. The number of carboxylic acids is 1. The van der Waals surface area contributed by atoms with E-state index in [0.717, 1.165) is 12.3 Å². The highest BCUT2D eigenvalue weighted by atomic mass is 35.5. The molecule has 0 bridgehead atoms. The van der Waals surface area contributed by atoms with Gasteiger partial charge < -0.3 is 5.11 Å². The molecule has 1 aromatic carbocycles. The minimum absolute atomic E-state index is 0.0570. The van der Waals surface area contributed by atoms with Crippen molar-refractivity contribution in [1.29, 1.82) is 0 Å². The molecule has 15 heavy (non-hydrogen) atoms.